The van der Waals surface area contributed by atoms with Crippen molar-refractivity contribution in [1.29, 1.82) is 0 Å². The van der Waals surface area contributed by atoms with Crippen LogP contribution in [0.15, 0.2) is 34.2 Å². The normalized spacial score (nSPS) is 25.3. The van der Waals surface area contributed by atoms with Gasteiger partial charge in [0.05, 0.1) is 4.90 Å². The van der Waals surface area contributed by atoms with Gasteiger partial charge in [0.1, 0.15) is 5.84 Å². The standard InChI is InChI=1S/C19H28N4O3S/c1-14-15(2)23(13-12-20-14)18(24)10-4-3-7-11-21-19-16-8-5-6-9-17(16)27(25,26)22-19/h5-6,8-9,14-15,20H,3-4,7,10-13H2,1-2H3,(H,21,22). The summed E-state index contributed by atoms with van der Waals surface area (Å²) in [6, 6.07) is 7.42. The van der Waals surface area contributed by atoms with Crippen LogP contribution in [0, 0.1) is 0 Å². The average Bonchev–Trinajstić information content (AvgIpc) is 2.91. The first-order valence-electron chi connectivity index (χ1n) is 9.59. The Morgan fingerprint density at radius 1 is 1.22 bits per heavy atom. The lowest BCUT2D eigenvalue weighted by molar-refractivity contribution is -0.135. The van der Waals surface area contributed by atoms with Crippen molar-refractivity contribution in [3.8, 4) is 0 Å². The molecule has 2 unspecified atom stereocenters. The third-order valence-corrected chi connectivity index (χ3v) is 6.73. The Labute approximate surface area is 161 Å². The van der Waals surface area contributed by atoms with E-state index in [0.29, 0.717) is 30.4 Å². The first-order valence-corrected chi connectivity index (χ1v) is 11.1. The highest BCUT2D eigenvalue weighted by Crippen LogP contribution is 2.22. The Kier molecular flexibility index (Phi) is 6.16. The van der Waals surface area contributed by atoms with E-state index in [-0.39, 0.29) is 16.8 Å². The minimum Gasteiger partial charge on any atom is -0.337 e. The van der Waals surface area contributed by atoms with Crippen molar-refractivity contribution in [3.05, 3.63) is 29.8 Å². The van der Waals surface area contributed by atoms with Crippen LogP contribution in [0.5, 0.6) is 0 Å². The molecule has 2 aliphatic rings. The fourth-order valence-corrected chi connectivity index (χ4v) is 4.81. The summed E-state index contributed by atoms with van der Waals surface area (Å²) in [6.07, 6.45) is 3.11. The lowest BCUT2D eigenvalue weighted by atomic mass is 10.1. The zero-order valence-electron chi connectivity index (χ0n) is 15.9. The second-order valence-corrected chi connectivity index (χ2v) is 8.86. The van der Waals surface area contributed by atoms with E-state index in [9.17, 15) is 13.2 Å². The summed E-state index contributed by atoms with van der Waals surface area (Å²) in [7, 11) is -3.47. The minimum absolute atomic E-state index is 0.222. The number of hydrogen-bond acceptors (Lipinski definition) is 5. The highest BCUT2D eigenvalue weighted by atomic mass is 32.2. The number of fused-ring (bicyclic) bond motifs is 1. The molecule has 0 bridgehead atoms. The molecule has 2 N–H and O–H groups in total. The smallest absolute Gasteiger partial charge is 0.263 e. The van der Waals surface area contributed by atoms with Gasteiger partial charge < -0.3 is 10.2 Å². The number of nitrogens with one attached hydrogen (secondary N) is 2. The summed E-state index contributed by atoms with van der Waals surface area (Å²) in [5, 5.41) is 3.38. The number of amidine groups is 1. The number of unbranched alkanes of at least 4 members (excludes halogenated alkanes) is 2. The van der Waals surface area contributed by atoms with Crippen LogP contribution in [0.1, 0.15) is 45.1 Å². The molecule has 0 aliphatic carbocycles. The van der Waals surface area contributed by atoms with E-state index in [1.807, 2.05) is 4.90 Å². The second kappa shape index (κ2) is 8.39. The third kappa shape index (κ3) is 4.50. The van der Waals surface area contributed by atoms with Crippen LogP contribution in [0.25, 0.3) is 0 Å². The lowest BCUT2D eigenvalue weighted by Gasteiger charge is -2.38. The van der Waals surface area contributed by atoms with Crippen molar-refractivity contribution in [3.63, 3.8) is 0 Å². The number of amides is 1. The summed E-state index contributed by atoms with van der Waals surface area (Å²) >= 11 is 0. The molecule has 1 fully saturated rings. The van der Waals surface area contributed by atoms with Crippen LogP contribution in [0.3, 0.4) is 0 Å². The molecule has 0 saturated carbocycles. The Bertz CT molecular complexity index is 822. The van der Waals surface area contributed by atoms with Gasteiger partial charge in [0.25, 0.3) is 10.0 Å². The molecule has 2 atom stereocenters. The average molecular weight is 393 g/mol. The molecule has 8 heteroatoms. The highest BCUT2D eigenvalue weighted by Gasteiger charge is 2.30. The lowest BCUT2D eigenvalue weighted by Crippen LogP contribution is -2.57. The van der Waals surface area contributed by atoms with Gasteiger partial charge in [0.15, 0.2) is 0 Å². The summed E-state index contributed by atoms with van der Waals surface area (Å²) in [5.41, 5.74) is 0.634. The van der Waals surface area contributed by atoms with Gasteiger partial charge >= 0.3 is 0 Å². The number of nitrogens with zero attached hydrogens (tertiary/aromatic N) is 2. The number of sulfonamides is 1. The SMILES string of the molecule is CC1NCCN(C(=O)CCCCCN=C2NS(=O)(=O)c3ccccc32)C1C. The van der Waals surface area contributed by atoms with Crippen molar-refractivity contribution in [1.82, 2.24) is 14.9 Å². The minimum atomic E-state index is -3.47. The van der Waals surface area contributed by atoms with E-state index >= 15 is 0 Å². The number of carbonyl (C=O) groups is 1. The van der Waals surface area contributed by atoms with E-state index < -0.39 is 10.0 Å². The molecule has 148 valence electrons. The van der Waals surface area contributed by atoms with Gasteiger partial charge in [-0.05, 0) is 38.8 Å². The Balaban J connectivity index is 1.43. The zero-order chi connectivity index (χ0) is 19.4. The monoisotopic (exact) mass is 392 g/mol. The van der Waals surface area contributed by atoms with Crippen molar-refractivity contribution in [2.45, 2.75) is 56.5 Å². The van der Waals surface area contributed by atoms with Gasteiger partial charge in [-0.15, -0.1) is 0 Å². The summed E-state index contributed by atoms with van der Waals surface area (Å²) in [4.78, 5) is 19.1. The predicted octanol–water partition coefficient (Wildman–Crippen LogP) is 1.49. The number of piperazine rings is 1. The molecule has 2 aliphatic heterocycles. The molecule has 3 rings (SSSR count). The van der Waals surface area contributed by atoms with Crippen molar-refractivity contribution in [2.75, 3.05) is 19.6 Å². The molecule has 1 amide bonds. The molecule has 1 saturated heterocycles. The summed E-state index contributed by atoms with van der Waals surface area (Å²) < 4.78 is 26.6. The molecular formula is C19H28N4O3S. The van der Waals surface area contributed by atoms with Gasteiger partial charge in [0.2, 0.25) is 5.91 Å². The molecule has 0 aromatic heterocycles. The highest BCUT2D eigenvalue weighted by molar-refractivity contribution is 7.90. The van der Waals surface area contributed by atoms with Crippen molar-refractivity contribution < 1.29 is 13.2 Å². The quantitative estimate of drug-likeness (QED) is 0.718. The Hall–Kier alpha value is -1.93. The van der Waals surface area contributed by atoms with E-state index in [0.717, 1.165) is 32.4 Å². The van der Waals surface area contributed by atoms with Gasteiger partial charge in [-0.3, -0.25) is 14.5 Å². The topological polar surface area (TPSA) is 90.9 Å². The van der Waals surface area contributed by atoms with Crippen LogP contribution in [0.4, 0.5) is 0 Å². The summed E-state index contributed by atoms with van der Waals surface area (Å²) in [5.74, 6) is 0.643. The number of benzene rings is 1. The molecule has 1 aromatic rings. The molecular weight excluding hydrogens is 364 g/mol. The maximum absolute atomic E-state index is 12.4. The van der Waals surface area contributed by atoms with Crippen LogP contribution in [0.2, 0.25) is 0 Å². The largest absolute Gasteiger partial charge is 0.337 e. The first kappa shape index (κ1) is 19.8. The maximum atomic E-state index is 12.4. The van der Waals surface area contributed by atoms with E-state index in [1.54, 1.807) is 24.3 Å². The molecule has 0 radical (unpaired) electrons. The van der Waals surface area contributed by atoms with Crippen LogP contribution in [-0.2, 0) is 14.8 Å². The molecule has 0 spiro atoms. The van der Waals surface area contributed by atoms with Crippen molar-refractivity contribution in [2.24, 2.45) is 4.99 Å². The third-order valence-electron chi connectivity index (χ3n) is 5.34. The molecule has 2 heterocycles. The molecule has 1 aromatic carbocycles. The molecule has 7 nitrogen and oxygen atoms in total. The number of rotatable bonds is 6. The van der Waals surface area contributed by atoms with Gasteiger partial charge in [0, 0.05) is 43.7 Å². The van der Waals surface area contributed by atoms with Gasteiger partial charge in [-0.25, -0.2) is 8.42 Å². The summed E-state index contributed by atoms with van der Waals surface area (Å²) in [6.45, 7) is 6.37. The van der Waals surface area contributed by atoms with Crippen LogP contribution in [-0.4, -0.2) is 56.8 Å². The maximum Gasteiger partial charge on any atom is 0.263 e. The van der Waals surface area contributed by atoms with Gasteiger partial charge in [-0.2, -0.15) is 0 Å². The van der Waals surface area contributed by atoms with Crippen LogP contribution >= 0.6 is 0 Å². The number of aliphatic imine (C=N–C) groups is 1. The fourth-order valence-electron chi connectivity index (χ4n) is 3.56. The Morgan fingerprint density at radius 3 is 2.81 bits per heavy atom. The van der Waals surface area contributed by atoms with E-state index in [1.165, 1.54) is 0 Å². The molecule has 27 heavy (non-hydrogen) atoms. The van der Waals surface area contributed by atoms with Gasteiger partial charge in [-0.1, -0.05) is 18.6 Å². The van der Waals surface area contributed by atoms with Crippen LogP contribution < -0.4 is 10.0 Å². The van der Waals surface area contributed by atoms with Crippen molar-refractivity contribution >= 4 is 21.8 Å². The fraction of sp³-hybridized carbons (Fsp3) is 0.579. The predicted molar refractivity (Wildman–Crippen MR) is 105 cm³/mol. The van der Waals surface area contributed by atoms with E-state index in [4.69, 9.17) is 0 Å². The van der Waals surface area contributed by atoms with E-state index in [2.05, 4.69) is 28.9 Å². The number of hydrogen-bond donors (Lipinski definition) is 2. The second-order valence-electron chi connectivity index (χ2n) is 7.21. The first-order chi connectivity index (χ1) is 12.9. The Morgan fingerprint density at radius 2 is 2.00 bits per heavy atom. The zero-order valence-corrected chi connectivity index (χ0v) is 16.8. The number of carbonyl (C=O) groups excluding carboxylic acids is 1.